The summed E-state index contributed by atoms with van der Waals surface area (Å²) in [5.41, 5.74) is 1.69. The summed E-state index contributed by atoms with van der Waals surface area (Å²) in [7, 11) is -3.77. The van der Waals surface area contributed by atoms with Crippen molar-refractivity contribution in [3.8, 4) is 0 Å². The van der Waals surface area contributed by atoms with E-state index in [0.29, 0.717) is 0 Å². The van der Waals surface area contributed by atoms with Crippen LogP contribution in [-0.2, 0) is 19.7 Å². The van der Waals surface area contributed by atoms with Gasteiger partial charge in [-0.3, -0.25) is 0 Å². The summed E-state index contributed by atoms with van der Waals surface area (Å²) in [4.78, 5) is 10.8. The summed E-state index contributed by atoms with van der Waals surface area (Å²) in [6.45, 7) is -0.0974. The third-order valence-corrected chi connectivity index (χ3v) is 6.81. The molecule has 10 heteroatoms. The topological polar surface area (TPSA) is 89.4 Å². The van der Waals surface area contributed by atoms with Gasteiger partial charge < -0.3 is 9.68 Å². The molecule has 7 nitrogen and oxygen atoms in total. The van der Waals surface area contributed by atoms with Crippen LogP contribution in [0.5, 0.6) is 0 Å². The zero-order chi connectivity index (χ0) is 23.5. The largest absolute Gasteiger partial charge is 0.394 e. The highest BCUT2D eigenvalue weighted by molar-refractivity contribution is 9.10. The maximum atomic E-state index is 12.7. The summed E-state index contributed by atoms with van der Waals surface area (Å²) in [5.74, 6) is 0. The Morgan fingerprint density at radius 2 is 1.21 bits per heavy atom. The zero-order valence-electron chi connectivity index (χ0n) is 17.3. The molecule has 0 saturated heterocycles. The maximum Gasteiger partial charge on any atom is 0.241 e. The first-order chi connectivity index (χ1) is 15.9. The number of nitrogens with zero attached hydrogens (tertiary/aromatic N) is 2. The van der Waals surface area contributed by atoms with Gasteiger partial charge in [0.05, 0.1) is 23.4 Å². The molecule has 0 amide bonds. The molecule has 172 valence electrons. The highest BCUT2D eigenvalue weighted by Crippen LogP contribution is 2.11. The summed E-state index contributed by atoms with van der Waals surface area (Å²) < 4.78 is 29.9. The molecular weight excluding hydrogens is 574 g/mol. The highest BCUT2D eigenvalue weighted by atomic mass is 79.9. The molecule has 0 aliphatic heterocycles. The van der Waals surface area contributed by atoms with Crippen LogP contribution >= 0.6 is 31.9 Å². The highest BCUT2D eigenvalue weighted by Gasteiger charge is 2.21. The molecule has 0 spiro atoms. The minimum absolute atomic E-state index is 0.0487. The molecule has 0 aromatic heterocycles. The van der Waals surface area contributed by atoms with E-state index >= 15 is 0 Å². The van der Waals surface area contributed by atoms with E-state index in [4.69, 9.17) is 9.68 Å². The van der Waals surface area contributed by atoms with Crippen molar-refractivity contribution in [2.45, 2.75) is 10.9 Å². The number of nitrogens with one attached hydrogen (secondary N) is 1. The molecule has 0 aliphatic rings. The Bertz CT molecular complexity index is 1110. The van der Waals surface area contributed by atoms with Crippen LogP contribution in [0.1, 0.15) is 11.1 Å². The summed E-state index contributed by atoms with van der Waals surface area (Å²) >= 11 is 6.75. The molecule has 1 N–H and O–H groups in total. The second kappa shape index (κ2) is 12.6. The van der Waals surface area contributed by atoms with E-state index in [1.54, 1.807) is 30.6 Å². The second-order valence-electron chi connectivity index (χ2n) is 6.79. The molecule has 3 aromatic rings. The Morgan fingerprint density at radius 1 is 0.758 bits per heavy atom. The van der Waals surface area contributed by atoms with Gasteiger partial charge in [0.2, 0.25) is 10.0 Å². The van der Waals surface area contributed by atoms with E-state index in [9.17, 15) is 8.42 Å². The predicted octanol–water partition coefficient (Wildman–Crippen LogP) is 4.96. The fourth-order valence-electron chi connectivity index (χ4n) is 2.56. The maximum absolute atomic E-state index is 12.7. The van der Waals surface area contributed by atoms with Gasteiger partial charge in [-0.2, -0.15) is 0 Å². The van der Waals surface area contributed by atoms with E-state index in [-0.39, 0.29) is 18.1 Å². The van der Waals surface area contributed by atoms with Gasteiger partial charge in [0.1, 0.15) is 13.2 Å². The van der Waals surface area contributed by atoms with Gasteiger partial charge in [-0.1, -0.05) is 84.6 Å². The minimum Gasteiger partial charge on any atom is -0.394 e. The fraction of sp³-hybridized carbons (Fsp3) is 0.130. The molecule has 0 bridgehead atoms. The van der Waals surface area contributed by atoms with Crippen LogP contribution < -0.4 is 4.72 Å². The van der Waals surface area contributed by atoms with Crippen LogP contribution in [0.15, 0.2) is 103 Å². The van der Waals surface area contributed by atoms with Gasteiger partial charge in [0.15, 0.2) is 0 Å². The predicted molar refractivity (Wildman–Crippen MR) is 136 cm³/mol. The van der Waals surface area contributed by atoms with Crippen molar-refractivity contribution in [3.63, 3.8) is 0 Å². The second-order valence-corrected chi connectivity index (χ2v) is 10.3. The third-order valence-electron chi connectivity index (χ3n) is 4.22. The van der Waals surface area contributed by atoms with Crippen molar-refractivity contribution in [2.75, 3.05) is 13.2 Å². The molecule has 0 heterocycles. The number of hydrogen-bond donors (Lipinski definition) is 1. The lowest BCUT2D eigenvalue weighted by atomic mass is 10.2. The van der Waals surface area contributed by atoms with Crippen LogP contribution in [-0.4, -0.2) is 40.1 Å². The van der Waals surface area contributed by atoms with E-state index < -0.39 is 16.1 Å². The monoisotopic (exact) mass is 593 g/mol. The Balaban J connectivity index is 1.61. The number of oxime groups is 2. The fourth-order valence-corrected chi connectivity index (χ4v) is 4.32. The van der Waals surface area contributed by atoms with Gasteiger partial charge in [0.25, 0.3) is 0 Å². The quantitative estimate of drug-likeness (QED) is 0.251. The molecule has 0 aliphatic carbocycles. The molecule has 0 radical (unpaired) electrons. The lowest BCUT2D eigenvalue weighted by Gasteiger charge is -2.16. The SMILES string of the molecule is O=S(=O)(NC(CON=Cc1ccc(Br)cc1)CON=Cc1ccc(Br)cc1)c1ccccc1. The van der Waals surface area contributed by atoms with Crippen LogP contribution in [0, 0.1) is 0 Å². The Morgan fingerprint density at radius 3 is 1.67 bits per heavy atom. The van der Waals surface area contributed by atoms with Crippen molar-refractivity contribution < 1.29 is 18.1 Å². The van der Waals surface area contributed by atoms with E-state index in [1.165, 1.54) is 12.1 Å². The molecule has 0 fully saturated rings. The van der Waals surface area contributed by atoms with Crippen LogP contribution in [0.4, 0.5) is 0 Å². The van der Waals surface area contributed by atoms with Crippen LogP contribution in [0.2, 0.25) is 0 Å². The summed E-state index contributed by atoms with van der Waals surface area (Å²) in [5, 5.41) is 7.85. The number of hydrogen-bond acceptors (Lipinski definition) is 6. The third kappa shape index (κ3) is 8.73. The molecule has 3 aromatic carbocycles. The average Bonchev–Trinajstić information content (AvgIpc) is 2.82. The van der Waals surface area contributed by atoms with Crippen molar-refractivity contribution in [3.05, 3.63) is 98.9 Å². The van der Waals surface area contributed by atoms with Gasteiger partial charge in [-0.15, -0.1) is 0 Å². The average molecular weight is 595 g/mol. The summed E-state index contributed by atoms with van der Waals surface area (Å²) in [6.07, 6.45) is 3.09. The first-order valence-electron chi connectivity index (χ1n) is 9.81. The van der Waals surface area contributed by atoms with Gasteiger partial charge in [-0.25, -0.2) is 13.1 Å². The van der Waals surface area contributed by atoms with Crippen molar-refractivity contribution in [2.24, 2.45) is 10.3 Å². The minimum atomic E-state index is -3.77. The lowest BCUT2D eigenvalue weighted by Crippen LogP contribution is -2.40. The van der Waals surface area contributed by atoms with E-state index in [2.05, 4.69) is 46.9 Å². The van der Waals surface area contributed by atoms with Gasteiger partial charge in [0, 0.05) is 8.95 Å². The van der Waals surface area contributed by atoms with Crippen LogP contribution in [0.25, 0.3) is 0 Å². The number of rotatable bonds is 11. The Hall–Kier alpha value is -2.53. The smallest absolute Gasteiger partial charge is 0.241 e. The van der Waals surface area contributed by atoms with Gasteiger partial charge in [-0.05, 0) is 47.5 Å². The van der Waals surface area contributed by atoms with E-state index in [1.807, 2.05) is 48.5 Å². The lowest BCUT2D eigenvalue weighted by molar-refractivity contribution is 0.0698. The number of halogens is 2. The first kappa shape index (κ1) is 25.1. The van der Waals surface area contributed by atoms with Gasteiger partial charge >= 0.3 is 0 Å². The van der Waals surface area contributed by atoms with E-state index in [0.717, 1.165) is 20.1 Å². The summed E-state index contributed by atoms with van der Waals surface area (Å²) in [6, 6.07) is 22.4. The van der Waals surface area contributed by atoms with Crippen molar-refractivity contribution in [1.82, 2.24) is 4.72 Å². The molecule has 3 rings (SSSR count). The molecule has 0 unspecified atom stereocenters. The normalized spacial score (nSPS) is 12.8. The zero-order valence-corrected chi connectivity index (χ0v) is 21.3. The van der Waals surface area contributed by atoms with Crippen molar-refractivity contribution >= 4 is 54.3 Å². The molecule has 33 heavy (non-hydrogen) atoms. The Kier molecular flexibility index (Phi) is 9.61. The van der Waals surface area contributed by atoms with Crippen LogP contribution in [0.3, 0.4) is 0 Å². The molecule has 0 atom stereocenters. The first-order valence-corrected chi connectivity index (χ1v) is 12.9. The standard InChI is InChI=1S/C23H21Br2N3O4S/c24-20-10-6-18(7-11-20)14-26-31-16-22(28-33(29,30)23-4-2-1-3-5-23)17-32-27-15-19-8-12-21(25)13-9-19/h1-15,22,28H,16-17H2. The Labute approximate surface area is 209 Å². The molecular formula is C23H21Br2N3O4S. The number of sulfonamides is 1. The number of benzene rings is 3. The molecule has 0 saturated carbocycles. The van der Waals surface area contributed by atoms with Crippen molar-refractivity contribution in [1.29, 1.82) is 0 Å².